The Labute approximate surface area is 81.1 Å². The number of hydrogen-bond donors (Lipinski definition) is 1. The number of benzene rings is 1. The lowest BCUT2D eigenvalue weighted by atomic mass is 10.2. The van der Waals surface area contributed by atoms with Gasteiger partial charge in [-0.15, -0.1) is 12.4 Å². The highest BCUT2D eigenvalue weighted by molar-refractivity contribution is 9.10. The summed E-state index contributed by atoms with van der Waals surface area (Å²) < 4.78 is 1.41. The first-order valence-electron chi connectivity index (χ1n) is 2.97. The lowest BCUT2D eigenvalue weighted by Gasteiger charge is -2.07. The van der Waals surface area contributed by atoms with Gasteiger partial charge in [0, 0.05) is 0 Å². The Morgan fingerprint density at radius 2 is 1.73 bits per heavy atom. The summed E-state index contributed by atoms with van der Waals surface area (Å²) in [5.74, 6) is 5.41. The van der Waals surface area contributed by atoms with E-state index in [0.717, 1.165) is 5.69 Å². The van der Waals surface area contributed by atoms with E-state index in [-0.39, 0.29) is 12.4 Å². The summed E-state index contributed by atoms with van der Waals surface area (Å²) in [5, 5.41) is 0. The molecule has 11 heavy (non-hydrogen) atoms. The second-order valence-electron chi connectivity index (χ2n) is 2.15. The molecule has 0 bridgehead atoms. The Hall–Kier alpha value is -0.250. The molecule has 1 rings (SSSR count). The summed E-state index contributed by atoms with van der Waals surface area (Å²) >= 11 is 3.12. The van der Waals surface area contributed by atoms with Crippen LogP contribution in [0, 0.1) is 6.92 Å². The van der Waals surface area contributed by atoms with Gasteiger partial charge in [0.2, 0.25) is 0 Å². The molecule has 0 saturated heterocycles. The van der Waals surface area contributed by atoms with Gasteiger partial charge in [0.05, 0.1) is 21.8 Å². The highest BCUT2D eigenvalue weighted by atomic mass is 79.9. The third kappa shape index (κ3) is 3.10. The van der Waals surface area contributed by atoms with Gasteiger partial charge in [-0.25, -0.2) is 9.88 Å². The maximum atomic E-state index is 5.41. The first kappa shape index (κ1) is 10.8. The SMILES string of the molecule is Cc1ccc(N(N)Br)cc1.Cl. The van der Waals surface area contributed by atoms with Crippen LogP contribution in [0.25, 0.3) is 0 Å². The van der Waals surface area contributed by atoms with Crippen LogP contribution < -0.4 is 9.88 Å². The number of halogens is 2. The average molecular weight is 238 g/mol. The van der Waals surface area contributed by atoms with Crippen molar-refractivity contribution in [3.63, 3.8) is 0 Å². The molecule has 0 atom stereocenters. The molecule has 1 aromatic rings. The second kappa shape index (κ2) is 4.59. The third-order valence-corrected chi connectivity index (χ3v) is 1.69. The Bertz CT molecular complexity index is 210. The molecule has 0 aliphatic carbocycles. The van der Waals surface area contributed by atoms with E-state index in [9.17, 15) is 0 Å². The van der Waals surface area contributed by atoms with Crippen molar-refractivity contribution in [2.24, 2.45) is 5.84 Å². The summed E-state index contributed by atoms with van der Waals surface area (Å²) in [5.41, 5.74) is 2.18. The van der Waals surface area contributed by atoms with Gasteiger partial charge in [0.15, 0.2) is 0 Å². The van der Waals surface area contributed by atoms with Crippen molar-refractivity contribution in [1.29, 1.82) is 0 Å². The van der Waals surface area contributed by atoms with Crippen LogP contribution in [-0.2, 0) is 0 Å². The molecule has 2 nitrogen and oxygen atoms in total. The minimum atomic E-state index is 0. The topological polar surface area (TPSA) is 29.3 Å². The van der Waals surface area contributed by atoms with Crippen molar-refractivity contribution in [2.45, 2.75) is 6.92 Å². The monoisotopic (exact) mass is 236 g/mol. The number of anilines is 1. The minimum Gasteiger partial charge on any atom is -0.245 e. The molecule has 1 aromatic carbocycles. The summed E-state index contributed by atoms with van der Waals surface area (Å²) in [6.45, 7) is 2.04. The van der Waals surface area contributed by atoms with Crippen molar-refractivity contribution in [1.82, 2.24) is 0 Å². The Kier molecular flexibility index (Phi) is 4.49. The van der Waals surface area contributed by atoms with Crippen molar-refractivity contribution < 1.29 is 0 Å². The fourth-order valence-corrected chi connectivity index (χ4v) is 0.924. The van der Waals surface area contributed by atoms with Gasteiger partial charge < -0.3 is 0 Å². The normalized spacial score (nSPS) is 8.64. The standard InChI is InChI=1S/C7H9BrN2.ClH/c1-6-2-4-7(5-3-6)10(8)9;/h2-5H,9H2,1H3;1H. The maximum absolute atomic E-state index is 5.41. The molecule has 0 heterocycles. The van der Waals surface area contributed by atoms with Gasteiger partial charge in [-0.1, -0.05) is 17.7 Å². The van der Waals surface area contributed by atoms with E-state index >= 15 is 0 Å². The van der Waals surface area contributed by atoms with Crippen LogP contribution in [0.5, 0.6) is 0 Å². The number of hydrogen-bond acceptors (Lipinski definition) is 2. The van der Waals surface area contributed by atoms with Crippen molar-refractivity contribution in [3.8, 4) is 0 Å². The first-order chi connectivity index (χ1) is 4.70. The minimum absolute atomic E-state index is 0. The van der Waals surface area contributed by atoms with Gasteiger partial charge in [0.25, 0.3) is 0 Å². The molecule has 0 amide bonds. The van der Waals surface area contributed by atoms with Crippen LogP contribution in [0.2, 0.25) is 0 Å². The molecule has 0 aliphatic heterocycles. The first-order valence-corrected chi connectivity index (χ1v) is 3.68. The molecule has 0 aliphatic rings. The predicted molar refractivity (Wildman–Crippen MR) is 54.0 cm³/mol. The van der Waals surface area contributed by atoms with Gasteiger partial charge in [-0.05, 0) is 19.1 Å². The van der Waals surface area contributed by atoms with Gasteiger partial charge in [-0.2, -0.15) is 0 Å². The molecular weight excluding hydrogens is 227 g/mol. The zero-order valence-electron chi connectivity index (χ0n) is 6.12. The van der Waals surface area contributed by atoms with Crippen molar-refractivity contribution in [2.75, 3.05) is 4.03 Å². The molecule has 0 fully saturated rings. The fraction of sp³-hybridized carbons (Fsp3) is 0.143. The van der Waals surface area contributed by atoms with Gasteiger partial charge in [0.1, 0.15) is 0 Å². The van der Waals surface area contributed by atoms with Gasteiger partial charge in [-0.3, -0.25) is 0 Å². The number of hydrazine groups is 1. The van der Waals surface area contributed by atoms with E-state index in [1.165, 1.54) is 9.60 Å². The van der Waals surface area contributed by atoms with Gasteiger partial charge >= 0.3 is 0 Å². The zero-order valence-corrected chi connectivity index (χ0v) is 8.52. The Morgan fingerprint density at radius 3 is 2.09 bits per heavy atom. The van der Waals surface area contributed by atoms with Crippen LogP contribution in [0.1, 0.15) is 5.56 Å². The zero-order chi connectivity index (χ0) is 7.56. The molecule has 4 heteroatoms. The molecule has 0 saturated carbocycles. The second-order valence-corrected chi connectivity index (χ2v) is 2.91. The van der Waals surface area contributed by atoms with E-state index in [1.54, 1.807) is 0 Å². The maximum Gasteiger partial charge on any atom is 0.0669 e. The number of rotatable bonds is 1. The summed E-state index contributed by atoms with van der Waals surface area (Å²) in [4.78, 5) is 0. The smallest absolute Gasteiger partial charge is 0.0669 e. The quantitative estimate of drug-likeness (QED) is 0.462. The molecule has 0 spiro atoms. The van der Waals surface area contributed by atoms with E-state index < -0.39 is 0 Å². The van der Waals surface area contributed by atoms with Crippen LogP contribution in [0.15, 0.2) is 24.3 Å². The molecule has 0 radical (unpaired) electrons. The molecular formula is C7H10BrClN2. The molecule has 0 unspecified atom stereocenters. The Balaban J connectivity index is 0.000001000. The van der Waals surface area contributed by atoms with E-state index in [0.29, 0.717) is 0 Å². The summed E-state index contributed by atoms with van der Waals surface area (Å²) in [6.07, 6.45) is 0. The summed E-state index contributed by atoms with van der Waals surface area (Å²) in [7, 11) is 0. The average Bonchev–Trinajstić information content (AvgIpc) is 1.88. The number of aryl methyl sites for hydroxylation is 1. The van der Waals surface area contributed by atoms with E-state index in [1.807, 2.05) is 31.2 Å². The molecule has 62 valence electrons. The molecule has 2 N–H and O–H groups in total. The van der Waals surface area contributed by atoms with Crippen LogP contribution in [0.4, 0.5) is 5.69 Å². The largest absolute Gasteiger partial charge is 0.245 e. The lowest BCUT2D eigenvalue weighted by molar-refractivity contribution is 1.23. The van der Waals surface area contributed by atoms with E-state index in [4.69, 9.17) is 5.84 Å². The fourth-order valence-electron chi connectivity index (χ4n) is 0.687. The highest BCUT2D eigenvalue weighted by Crippen LogP contribution is 2.13. The third-order valence-electron chi connectivity index (χ3n) is 1.28. The Morgan fingerprint density at radius 1 is 1.27 bits per heavy atom. The lowest BCUT2D eigenvalue weighted by Crippen LogP contribution is -2.17. The highest BCUT2D eigenvalue weighted by Gasteiger charge is 1.93. The van der Waals surface area contributed by atoms with Crippen LogP contribution in [-0.4, -0.2) is 0 Å². The van der Waals surface area contributed by atoms with Crippen LogP contribution in [0.3, 0.4) is 0 Å². The molecule has 0 aromatic heterocycles. The number of nitrogens with zero attached hydrogens (tertiary/aromatic N) is 1. The van der Waals surface area contributed by atoms with Crippen LogP contribution >= 0.6 is 28.6 Å². The predicted octanol–water partition coefficient (Wildman–Crippen LogP) is 2.41. The van der Waals surface area contributed by atoms with Crippen molar-refractivity contribution >= 4 is 34.2 Å². The van der Waals surface area contributed by atoms with E-state index in [2.05, 4.69) is 16.1 Å². The summed E-state index contributed by atoms with van der Waals surface area (Å²) in [6, 6.07) is 7.92. The van der Waals surface area contributed by atoms with Crippen molar-refractivity contribution in [3.05, 3.63) is 29.8 Å². The number of nitrogens with two attached hydrogens (primary N) is 1.